The summed E-state index contributed by atoms with van der Waals surface area (Å²) in [6.45, 7) is 0.742. The topological polar surface area (TPSA) is 85.0 Å². The number of carbonyl (C=O) groups is 1. The minimum atomic E-state index is -0.364. The summed E-state index contributed by atoms with van der Waals surface area (Å²) < 4.78 is 0. The Morgan fingerprint density at radius 3 is 2.67 bits per heavy atom. The predicted molar refractivity (Wildman–Crippen MR) is 120 cm³/mol. The maximum absolute atomic E-state index is 12.2. The smallest absolute Gasteiger partial charge is 0.240 e. The number of nitrogens with two attached hydrogens (primary N) is 1. The number of fused-ring (bicyclic) bond motifs is 1. The third kappa shape index (κ3) is 3.31. The van der Waals surface area contributed by atoms with Crippen LogP contribution in [0.2, 0.25) is 0 Å². The molecule has 1 aliphatic rings. The first-order valence-corrected chi connectivity index (χ1v) is 10.9. The number of rotatable bonds is 4. The number of benzene rings is 1. The van der Waals surface area contributed by atoms with Gasteiger partial charge in [0.2, 0.25) is 5.91 Å². The first-order chi connectivity index (χ1) is 14.7. The van der Waals surface area contributed by atoms with E-state index in [-0.39, 0.29) is 11.9 Å². The molecule has 30 heavy (non-hydrogen) atoms. The molecular formula is C23H21N5OS. The standard InChI is InChI=1S/C23H21N5OS/c24-20(29)18-11-5-7-13-28(18)22-19-16(15-8-2-1-3-9-15)14-30-23(19)27-21(26-22)17-10-4-6-12-25-17/h1-4,6,8-10,12,14,18H,5,7,11,13H2,(H2,24,29). The van der Waals surface area contributed by atoms with Crippen LogP contribution >= 0.6 is 11.3 Å². The Morgan fingerprint density at radius 1 is 1.07 bits per heavy atom. The zero-order chi connectivity index (χ0) is 20.5. The monoisotopic (exact) mass is 415 g/mol. The Balaban J connectivity index is 1.76. The zero-order valence-corrected chi connectivity index (χ0v) is 17.2. The Bertz CT molecular complexity index is 1190. The van der Waals surface area contributed by atoms with Crippen LogP contribution in [0.5, 0.6) is 0 Å². The molecule has 2 N–H and O–H groups in total. The number of piperidine rings is 1. The lowest BCUT2D eigenvalue weighted by Gasteiger charge is -2.35. The molecule has 1 unspecified atom stereocenters. The molecule has 4 aromatic rings. The van der Waals surface area contributed by atoms with Gasteiger partial charge in [0.15, 0.2) is 5.82 Å². The summed E-state index contributed by atoms with van der Waals surface area (Å²) in [4.78, 5) is 29.4. The van der Waals surface area contributed by atoms with E-state index in [4.69, 9.17) is 15.7 Å². The number of hydrogen-bond donors (Lipinski definition) is 1. The molecule has 4 heterocycles. The van der Waals surface area contributed by atoms with Crippen LogP contribution in [0.4, 0.5) is 5.82 Å². The van der Waals surface area contributed by atoms with E-state index in [0.717, 1.165) is 53.0 Å². The molecule has 1 aromatic carbocycles. The molecule has 0 radical (unpaired) electrons. The highest BCUT2D eigenvalue weighted by Crippen LogP contribution is 2.40. The highest BCUT2D eigenvalue weighted by molar-refractivity contribution is 7.17. The maximum atomic E-state index is 12.2. The van der Waals surface area contributed by atoms with Crippen molar-refractivity contribution in [1.82, 2.24) is 15.0 Å². The van der Waals surface area contributed by atoms with Crippen molar-refractivity contribution < 1.29 is 4.79 Å². The molecule has 1 saturated heterocycles. The quantitative estimate of drug-likeness (QED) is 0.538. The van der Waals surface area contributed by atoms with Crippen molar-refractivity contribution >= 4 is 33.3 Å². The summed E-state index contributed by atoms with van der Waals surface area (Å²) in [6, 6.07) is 15.5. The highest BCUT2D eigenvalue weighted by Gasteiger charge is 2.31. The molecule has 3 aromatic heterocycles. The van der Waals surface area contributed by atoms with Crippen LogP contribution in [-0.2, 0) is 4.79 Å². The minimum absolute atomic E-state index is 0.308. The molecule has 0 bridgehead atoms. The van der Waals surface area contributed by atoms with Gasteiger partial charge < -0.3 is 10.6 Å². The van der Waals surface area contributed by atoms with E-state index in [9.17, 15) is 4.79 Å². The lowest BCUT2D eigenvalue weighted by molar-refractivity contribution is -0.119. The van der Waals surface area contributed by atoms with Crippen molar-refractivity contribution in [3.8, 4) is 22.6 Å². The normalized spacial score (nSPS) is 16.7. The molecule has 1 fully saturated rings. The number of thiophene rings is 1. The minimum Gasteiger partial charge on any atom is -0.368 e. The lowest BCUT2D eigenvalue weighted by atomic mass is 10.00. The number of anilines is 1. The van der Waals surface area contributed by atoms with Crippen LogP contribution in [0.25, 0.3) is 32.9 Å². The van der Waals surface area contributed by atoms with Gasteiger partial charge in [0.1, 0.15) is 22.4 Å². The largest absolute Gasteiger partial charge is 0.368 e. The van der Waals surface area contributed by atoms with E-state index in [1.54, 1.807) is 17.5 Å². The number of nitrogens with zero attached hydrogens (tertiary/aromatic N) is 4. The first-order valence-electron chi connectivity index (χ1n) is 10.0. The molecule has 0 saturated carbocycles. The van der Waals surface area contributed by atoms with Gasteiger partial charge in [0, 0.05) is 23.7 Å². The van der Waals surface area contributed by atoms with Crippen LogP contribution in [0.3, 0.4) is 0 Å². The van der Waals surface area contributed by atoms with Gasteiger partial charge in [-0.05, 0) is 37.0 Å². The van der Waals surface area contributed by atoms with Gasteiger partial charge in [-0.2, -0.15) is 0 Å². The van der Waals surface area contributed by atoms with Gasteiger partial charge in [-0.15, -0.1) is 11.3 Å². The van der Waals surface area contributed by atoms with Crippen LogP contribution in [0.1, 0.15) is 19.3 Å². The summed E-state index contributed by atoms with van der Waals surface area (Å²) in [5.41, 5.74) is 8.67. The van der Waals surface area contributed by atoms with E-state index in [2.05, 4.69) is 27.4 Å². The maximum Gasteiger partial charge on any atom is 0.240 e. The average molecular weight is 416 g/mol. The van der Waals surface area contributed by atoms with Crippen LogP contribution in [0.15, 0.2) is 60.1 Å². The lowest BCUT2D eigenvalue weighted by Crippen LogP contribution is -2.48. The number of primary amides is 1. The Morgan fingerprint density at radius 2 is 1.90 bits per heavy atom. The second-order valence-electron chi connectivity index (χ2n) is 7.39. The summed E-state index contributed by atoms with van der Waals surface area (Å²) in [5.74, 6) is 1.02. The van der Waals surface area contributed by atoms with E-state index >= 15 is 0 Å². The number of carbonyl (C=O) groups excluding carboxylic acids is 1. The third-order valence-corrected chi connectivity index (χ3v) is 6.37. The molecule has 0 aliphatic carbocycles. The number of aromatic nitrogens is 3. The fourth-order valence-electron chi connectivity index (χ4n) is 4.05. The number of hydrogen-bond acceptors (Lipinski definition) is 6. The van der Waals surface area contributed by atoms with Crippen molar-refractivity contribution in [3.63, 3.8) is 0 Å². The fourth-order valence-corrected chi connectivity index (χ4v) is 4.99. The zero-order valence-electron chi connectivity index (χ0n) is 16.4. The molecule has 7 heteroatoms. The third-order valence-electron chi connectivity index (χ3n) is 5.50. The predicted octanol–water partition coefficient (Wildman–Crippen LogP) is 4.26. The van der Waals surface area contributed by atoms with Gasteiger partial charge in [0.05, 0.1) is 5.39 Å². The first kappa shape index (κ1) is 18.7. The van der Waals surface area contributed by atoms with Gasteiger partial charge in [-0.25, -0.2) is 9.97 Å². The van der Waals surface area contributed by atoms with Crippen LogP contribution < -0.4 is 10.6 Å². The summed E-state index contributed by atoms with van der Waals surface area (Å²) in [7, 11) is 0. The highest BCUT2D eigenvalue weighted by atomic mass is 32.1. The molecule has 150 valence electrons. The second kappa shape index (κ2) is 7.84. The van der Waals surface area contributed by atoms with Crippen molar-refractivity contribution in [1.29, 1.82) is 0 Å². The van der Waals surface area contributed by atoms with Gasteiger partial charge in [0.25, 0.3) is 0 Å². The van der Waals surface area contributed by atoms with E-state index in [1.165, 1.54) is 0 Å². The van der Waals surface area contributed by atoms with Crippen LogP contribution in [-0.4, -0.2) is 33.4 Å². The van der Waals surface area contributed by atoms with Gasteiger partial charge in [-0.3, -0.25) is 9.78 Å². The molecule has 1 aliphatic heterocycles. The Kier molecular flexibility index (Phi) is 4.88. The van der Waals surface area contributed by atoms with Crippen molar-refractivity contribution in [2.24, 2.45) is 5.73 Å². The summed E-state index contributed by atoms with van der Waals surface area (Å²) >= 11 is 1.58. The van der Waals surface area contributed by atoms with Crippen molar-refractivity contribution in [2.75, 3.05) is 11.4 Å². The average Bonchev–Trinajstić information content (AvgIpc) is 3.24. The number of amides is 1. The molecular weight excluding hydrogens is 394 g/mol. The molecule has 1 amide bonds. The van der Waals surface area contributed by atoms with Gasteiger partial charge >= 0.3 is 0 Å². The van der Waals surface area contributed by atoms with Gasteiger partial charge in [-0.1, -0.05) is 36.4 Å². The summed E-state index contributed by atoms with van der Waals surface area (Å²) in [5, 5.41) is 3.09. The number of pyridine rings is 1. The van der Waals surface area contributed by atoms with Crippen molar-refractivity contribution in [3.05, 3.63) is 60.1 Å². The van der Waals surface area contributed by atoms with E-state index in [1.807, 2.05) is 36.4 Å². The second-order valence-corrected chi connectivity index (χ2v) is 8.25. The van der Waals surface area contributed by atoms with Crippen molar-refractivity contribution in [2.45, 2.75) is 25.3 Å². The molecule has 1 atom stereocenters. The fraction of sp³-hybridized carbons (Fsp3) is 0.217. The van der Waals surface area contributed by atoms with E-state index < -0.39 is 0 Å². The SMILES string of the molecule is NC(=O)C1CCCCN1c1nc(-c2ccccn2)nc2scc(-c3ccccc3)c12. The Labute approximate surface area is 178 Å². The Hall–Kier alpha value is -3.32. The summed E-state index contributed by atoms with van der Waals surface area (Å²) in [6.07, 6.45) is 4.46. The molecule has 6 nitrogen and oxygen atoms in total. The molecule has 5 rings (SSSR count). The molecule has 0 spiro atoms. The van der Waals surface area contributed by atoms with Crippen LogP contribution in [0, 0.1) is 0 Å². The van der Waals surface area contributed by atoms with E-state index in [0.29, 0.717) is 11.5 Å².